The Labute approximate surface area is 156 Å². The third kappa shape index (κ3) is 5.02. The van der Waals surface area contributed by atoms with Crippen LogP contribution in [0.15, 0.2) is 24.4 Å². The Morgan fingerprint density at radius 2 is 2.04 bits per heavy atom. The molecule has 1 aromatic rings. The lowest BCUT2D eigenvalue weighted by molar-refractivity contribution is -0.0220. The molecule has 0 amide bonds. The van der Waals surface area contributed by atoms with E-state index < -0.39 is 12.2 Å². The number of ether oxygens (including phenoxy) is 1. The highest BCUT2D eigenvalue weighted by molar-refractivity contribution is 5.04. The molecule has 0 spiro atoms. The summed E-state index contributed by atoms with van der Waals surface area (Å²) >= 11 is 0. The first kappa shape index (κ1) is 19.7. The van der Waals surface area contributed by atoms with Crippen molar-refractivity contribution < 1.29 is 14.9 Å². The molecule has 0 radical (unpaired) electrons. The van der Waals surface area contributed by atoms with Crippen LogP contribution in [-0.2, 0) is 11.2 Å². The van der Waals surface area contributed by atoms with Crippen LogP contribution in [0.5, 0.6) is 0 Å². The van der Waals surface area contributed by atoms with Crippen LogP contribution in [0.1, 0.15) is 37.8 Å². The Morgan fingerprint density at radius 1 is 1.23 bits per heavy atom. The van der Waals surface area contributed by atoms with E-state index in [9.17, 15) is 10.2 Å². The predicted molar refractivity (Wildman–Crippen MR) is 101 cm³/mol. The molecule has 3 N–H and O–H groups in total. The van der Waals surface area contributed by atoms with Gasteiger partial charge in [-0.25, -0.2) is 0 Å². The summed E-state index contributed by atoms with van der Waals surface area (Å²) < 4.78 is 5.98. The molecule has 1 aromatic heterocycles. The van der Waals surface area contributed by atoms with Gasteiger partial charge in [-0.3, -0.25) is 9.88 Å². The number of nitrogens with one attached hydrogen (secondary N) is 1. The van der Waals surface area contributed by atoms with Crippen molar-refractivity contribution in [2.45, 2.75) is 68.9 Å². The lowest BCUT2D eigenvalue weighted by Gasteiger charge is -2.32. The smallest absolute Gasteiger partial charge is 0.109 e. The number of aliphatic hydroxyl groups excluding tert-OH is 2. The Hall–Kier alpha value is -1.05. The fourth-order valence-electron chi connectivity index (χ4n) is 4.27. The SMILES string of the molecule is CN(CCc1ccccn1)[C@H]1[C@H](O)[C@H](CO)O[C@@H]1CNC1CCCCC1. The number of aromatic nitrogens is 1. The van der Waals surface area contributed by atoms with E-state index in [1.54, 1.807) is 0 Å². The average molecular weight is 364 g/mol. The van der Waals surface area contributed by atoms with Crippen LogP contribution < -0.4 is 5.32 Å². The van der Waals surface area contributed by atoms with Crippen LogP contribution in [0.2, 0.25) is 0 Å². The molecule has 2 fully saturated rings. The molecule has 1 aliphatic heterocycles. The first-order chi connectivity index (χ1) is 12.7. The van der Waals surface area contributed by atoms with E-state index in [0.29, 0.717) is 6.04 Å². The van der Waals surface area contributed by atoms with Gasteiger partial charge in [-0.15, -0.1) is 0 Å². The highest BCUT2D eigenvalue weighted by Crippen LogP contribution is 2.26. The van der Waals surface area contributed by atoms with Gasteiger partial charge < -0.3 is 20.3 Å². The third-order valence-electron chi connectivity index (χ3n) is 5.81. The molecule has 0 unspecified atom stereocenters. The number of nitrogens with zero attached hydrogens (tertiary/aromatic N) is 2. The molecule has 26 heavy (non-hydrogen) atoms. The van der Waals surface area contributed by atoms with Crippen molar-refractivity contribution in [2.75, 3.05) is 26.7 Å². The molecule has 2 heterocycles. The molecule has 6 heteroatoms. The van der Waals surface area contributed by atoms with Gasteiger partial charge in [-0.05, 0) is 32.0 Å². The molecule has 6 nitrogen and oxygen atoms in total. The van der Waals surface area contributed by atoms with E-state index in [1.165, 1.54) is 32.1 Å². The lowest BCUT2D eigenvalue weighted by Crippen LogP contribution is -2.50. The van der Waals surface area contributed by atoms with Gasteiger partial charge in [0.2, 0.25) is 0 Å². The monoisotopic (exact) mass is 363 g/mol. The normalized spacial score (nSPS) is 30.2. The maximum absolute atomic E-state index is 10.7. The quantitative estimate of drug-likeness (QED) is 0.639. The predicted octanol–water partition coefficient (Wildman–Crippen LogP) is 0.967. The van der Waals surface area contributed by atoms with Crippen molar-refractivity contribution in [3.05, 3.63) is 30.1 Å². The molecular formula is C20H33N3O3. The molecule has 1 aliphatic carbocycles. The van der Waals surface area contributed by atoms with Gasteiger partial charge in [-0.2, -0.15) is 0 Å². The van der Waals surface area contributed by atoms with Gasteiger partial charge in [0, 0.05) is 37.4 Å². The Morgan fingerprint density at radius 3 is 2.73 bits per heavy atom. The minimum atomic E-state index is -0.674. The molecule has 1 saturated heterocycles. The molecule has 0 bridgehead atoms. The number of hydrogen-bond acceptors (Lipinski definition) is 6. The molecule has 1 saturated carbocycles. The maximum atomic E-state index is 10.7. The lowest BCUT2D eigenvalue weighted by atomic mass is 9.95. The highest BCUT2D eigenvalue weighted by Gasteiger charge is 2.45. The van der Waals surface area contributed by atoms with Crippen molar-refractivity contribution in [2.24, 2.45) is 0 Å². The van der Waals surface area contributed by atoms with Gasteiger partial charge in [0.15, 0.2) is 0 Å². The van der Waals surface area contributed by atoms with E-state index in [4.69, 9.17) is 4.74 Å². The summed E-state index contributed by atoms with van der Waals surface area (Å²) in [6.45, 7) is 1.36. The molecule has 3 rings (SSSR count). The zero-order valence-electron chi connectivity index (χ0n) is 15.8. The van der Waals surface area contributed by atoms with E-state index in [-0.39, 0.29) is 18.8 Å². The average Bonchev–Trinajstić information content (AvgIpc) is 3.01. The first-order valence-electron chi connectivity index (χ1n) is 9.97. The molecule has 0 aromatic carbocycles. The van der Waals surface area contributed by atoms with Gasteiger partial charge in [0.1, 0.15) is 12.2 Å². The van der Waals surface area contributed by atoms with E-state index in [2.05, 4.69) is 15.2 Å². The van der Waals surface area contributed by atoms with Crippen molar-refractivity contribution in [1.82, 2.24) is 15.2 Å². The zero-order chi connectivity index (χ0) is 18.4. The van der Waals surface area contributed by atoms with Gasteiger partial charge in [-0.1, -0.05) is 25.3 Å². The van der Waals surface area contributed by atoms with Crippen LogP contribution in [0.3, 0.4) is 0 Å². The van der Waals surface area contributed by atoms with Gasteiger partial charge >= 0.3 is 0 Å². The summed E-state index contributed by atoms with van der Waals surface area (Å²) in [6, 6.07) is 6.37. The van der Waals surface area contributed by atoms with Crippen molar-refractivity contribution in [3.63, 3.8) is 0 Å². The summed E-state index contributed by atoms with van der Waals surface area (Å²) in [5.41, 5.74) is 1.04. The zero-order valence-corrected chi connectivity index (χ0v) is 15.8. The number of hydrogen-bond donors (Lipinski definition) is 3. The van der Waals surface area contributed by atoms with Gasteiger partial charge in [0.25, 0.3) is 0 Å². The summed E-state index contributed by atoms with van der Waals surface area (Å²) in [4.78, 5) is 6.53. The minimum Gasteiger partial charge on any atom is -0.394 e. The molecular weight excluding hydrogens is 330 g/mol. The molecule has 2 aliphatic rings. The highest BCUT2D eigenvalue weighted by atomic mass is 16.5. The largest absolute Gasteiger partial charge is 0.394 e. The van der Waals surface area contributed by atoms with Crippen molar-refractivity contribution in [3.8, 4) is 0 Å². The van der Waals surface area contributed by atoms with Crippen LogP contribution in [0, 0.1) is 0 Å². The Kier molecular flexibility index (Phi) is 7.40. The van der Waals surface area contributed by atoms with E-state index in [0.717, 1.165) is 25.2 Å². The standard InChI is InChI=1S/C20H33N3O3/c1-23(12-10-16-9-5-6-11-21-16)19-17(26-18(14-24)20(19)25)13-22-15-7-3-2-4-8-15/h5-6,9,11,15,17-20,22,24-25H,2-4,7-8,10,12-14H2,1H3/t17-,18+,19-,20-/m1/s1. The second-order valence-electron chi connectivity index (χ2n) is 7.67. The van der Waals surface area contributed by atoms with Gasteiger partial charge in [0.05, 0.1) is 18.8 Å². The Bertz CT molecular complexity index is 524. The fraction of sp³-hybridized carbons (Fsp3) is 0.750. The summed E-state index contributed by atoms with van der Waals surface area (Å²) in [7, 11) is 2.02. The fourth-order valence-corrected chi connectivity index (χ4v) is 4.27. The minimum absolute atomic E-state index is 0.113. The second kappa shape index (κ2) is 9.76. The summed E-state index contributed by atoms with van der Waals surface area (Å²) in [5.74, 6) is 0. The van der Waals surface area contributed by atoms with Crippen LogP contribution in [0.4, 0.5) is 0 Å². The summed E-state index contributed by atoms with van der Waals surface area (Å²) in [6.07, 6.45) is 7.70. The number of rotatable bonds is 8. The van der Waals surface area contributed by atoms with E-state index in [1.807, 2.05) is 31.4 Å². The molecule has 146 valence electrons. The topological polar surface area (TPSA) is 77.9 Å². The van der Waals surface area contributed by atoms with Crippen molar-refractivity contribution in [1.29, 1.82) is 0 Å². The van der Waals surface area contributed by atoms with Crippen LogP contribution in [-0.4, -0.2) is 77.2 Å². The number of likely N-dealkylation sites (N-methyl/N-ethyl adjacent to an activating group) is 1. The van der Waals surface area contributed by atoms with E-state index >= 15 is 0 Å². The second-order valence-corrected chi connectivity index (χ2v) is 7.67. The number of pyridine rings is 1. The third-order valence-corrected chi connectivity index (χ3v) is 5.81. The van der Waals surface area contributed by atoms with Crippen LogP contribution >= 0.6 is 0 Å². The number of aliphatic hydroxyl groups is 2. The Balaban J connectivity index is 1.56. The first-order valence-corrected chi connectivity index (χ1v) is 9.97. The summed E-state index contributed by atoms with van der Waals surface area (Å²) in [5, 5.41) is 23.8. The van der Waals surface area contributed by atoms with Crippen molar-refractivity contribution >= 4 is 0 Å². The maximum Gasteiger partial charge on any atom is 0.109 e. The molecule has 4 atom stereocenters. The van der Waals surface area contributed by atoms with Crippen LogP contribution in [0.25, 0.3) is 0 Å².